The zero-order chi connectivity index (χ0) is 14.9. The van der Waals surface area contributed by atoms with Crippen LogP contribution in [-0.4, -0.2) is 34.3 Å². The quantitative estimate of drug-likeness (QED) is 0.704. The molecule has 8 heteroatoms. The lowest BCUT2D eigenvalue weighted by Gasteiger charge is -2.07. The molecule has 0 saturated heterocycles. The van der Waals surface area contributed by atoms with Gasteiger partial charge in [-0.3, -0.25) is 4.79 Å². The van der Waals surface area contributed by atoms with E-state index in [1.165, 1.54) is 6.33 Å². The van der Waals surface area contributed by atoms with Crippen LogP contribution in [0.5, 0.6) is 0 Å². The predicted molar refractivity (Wildman–Crippen MR) is 95.1 cm³/mol. The fourth-order valence-corrected chi connectivity index (χ4v) is 1.98. The van der Waals surface area contributed by atoms with E-state index in [1.54, 1.807) is 11.0 Å². The van der Waals surface area contributed by atoms with Gasteiger partial charge in [-0.05, 0) is 31.1 Å². The zero-order valence-electron chi connectivity index (χ0n) is 13.1. The first kappa shape index (κ1) is 21.4. The van der Waals surface area contributed by atoms with E-state index in [1.807, 2.05) is 31.3 Å². The summed E-state index contributed by atoms with van der Waals surface area (Å²) in [5, 5.41) is 10.0. The van der Waals surface area contributed by atoms with Crippen LogP contribution >= 0.6 is 24.8 Å². The van der Waals surface area contributed by atoms with Crippen LogP contribution in [0, 0.1) is 0 Å². The normalized spacial score (nSPS) is 9.61. The van der Waals surface area contributed by atoms with Crippen LogP contribution in [-0.2, 0) is 17.9 Å². The summed E-state index contributed by atoms with van der Waals surface area (Å²) in [6.45, 7) is 2.14. The number of benzene rings is 1. The van der Waals surface area contributed by atoms with Crippen molar-refractivity contribution in [3.05, 3.63) is 48.0 Å². The highest BCUT2D eigenvalue weighted by molar-refractivity contribution is 5.85. The average molecular weight is 360 g/mol. The maximum atomic E-state index is 11.6. The Morgan fingerprint density at radius 3 is 2.48 bits per heavy atom. The van der Waals surface area contributed by atoms with Gasteiger partial charge in [-0.2, -0.15) is 5.10 Å². The van der Waals surface area contributed by atoms with Crippen molar-refractivity contribution >= 4 is 30.7 Å². The van der Waals surface area contributed by atoms with Crippen molar-refractivity contribution in [2.24, 2.45) is 0 Å². The molecule has 128 valence electrons. The number of aromatic nitrogens is 3. The van der Waals surface area contributed by atoms with Gasteiger partial charge in [0, 0.05) is 13.0 Å². The fourth-order valence-electron chi connectivity index (χ4n) is 1.98. The van der Waals surface area contributed by atoms with Crippen LogP contribution in [0.4, 0.5) is 0 Å². The highest BCUT2D eigenvalue weighted by Crippen LogP contribution is 2.06. The SMILES string of the molecule is CNCCCC(=O)NCc1ccc(Cn2cncn2)cc1.Cl.Cl. The van der Waals surface area contributed by atoms with Gasteiger partial charge in [0.15, 0.2) is 0 Å². The van der Waals surface area contributed by atoms with E-state index in [2.05, 4.69) is 20.7 Å². The monoisotopic (exact) mass is 359 g/mol. The number of rotatable bonds is 8. The Labute approximate surface area is 148 Å². The zero-order valence-corrected chi connectivity index (χ0v) is 14.7. The number of amides is 1. The molecule has 2 rings (SSSR count). The summed E-state index contributed by atoms with van der Waals surface area (Å²) in [4.78, 5) is 15.5. The minimum Gasteiger partial charge on any atom is -0.352 e. The van der Waals surface area contributed by atoms with Crippen LogP contribution in [0.15, 0.2) is 36.9 Å². The standard InChI is InChI=1S/C15H21N5O.2ClH/c1-16-8-2-3-15(21)18-9-13-4-6-14(7-5-13)10-20-12-17-11-19-20;;/h4-7,11-12,16H,2-3,8-10H2,1H3,(H,18,21);2*1H. The smallest absolute Gasteiger partial charge is 0.220 e. The van der Waals surface area contributed by atoms with Gasteiger partial charge < -0.3 is 10.6 Å². The molecule has 0 unspecified atom stereocenters. The lowest BCUT2D eigenvalue weighted by Crippen LogP contribution is -2.23. The number of nitrogens with one attached hydrogen (secondary N) is 2. The van der Waals surface area contributed by atoms with E-state index < -0.39 is 0 Å². The van der Waals surface area contributed by atoms with Crippen molar-refractivity contribution in [2.75, 3.05) is 13.6 Å². The molecule has 1 amide bonds. The summed E-state index contributed by atoms with van der Waals surface area (Å²) in [6, 6.07) is 8.15. The molecule has 2 N–H and O–H groups in total. The Morgan fingerprint density at radius 2 is 1.87 bits per heavy atom. The molecule has 0 aliphatic heterocycles. The first-order valence-corrected chi connectivity index (χ1v) is 7.09. The molecule has 6 nitrogen and oxygen atoms in total. The molecule has 0 spiro atoms. The van der Waals surface area contributed by atoms with Crippen LogP contribution < -0.4 is 10.6 Å². The molecule has 0 atom stereocenters. The predicted octanol–water partition coefficient (Wildman–Crippen LogP) is 1.79. The maximum absolute atomic E-state index is 11.6. The molecule has 0 aliphatic carbocycles. The second-order valence-corrected chi connectivity index (χ2v) is 4.89. The number of hydrogen-bond donors (Lipinski definition) is 2. The summed E-state index contributed by atoms with van der Waals surface area (Å²) in [7, 11) is 1.89. The Morgan fingerprint density at radius 1 is 1.17 bits per heavy atom. The molecular weight excluding hydrogens is 337 g/mol. The molecule has 1 heterocycles. The second kappa shape index (κ2) is 11.9. The molecular formula is C15H23Cl2N5O. The lowest BCUT2D eigenvalue weighted by molar-refractivity contribution is -0.121. The minimum absolute atomic E-state index is 0. The number of carbonyl (C=O) groups excluding carboxylic acids is 1. The third kappa shape index (κ3) is 7.97. The molecule has 0 saturated carbocycles. The van der Waals surface area contributed by atoms with Crippen LogP contribution in [0.25, 0.3) is 0 Å². The van der Waals surface area contributed by atoms with E-state index >= 15 is 0 Å². The highest BCUT2D eigenvalue weighted by atomic mass is 35.5. The Hall–Kier alpha value is -1.63. The first-order valence-electron chi connectivity index (χ1n) is 7.09. The van der Waals surface area contributed by atoms with E-state index in [4.69, 9.17) is 0 Å². The van der Waals surface area contributed by atoms with Gasteiger partial charge in [-0.15, -0.1) is 24.8 Å². The largest absolute Gasteiger partial charge is 0.352 e. The van der Waals surface area contributed by atoms with Crippen molar-refractivity contribution < 1.29 is 4.79 Å². The lowest BCUT2D eigenvalue weighted by atomic mass is 10.1. The van der Waals surface area contributed by atoms with Gasteiger partial charge in [0.25, 0.3) is 0 Å². The van der Waals surface area contributed by atoms with Gasteiger partial charge in [0.05, 0.1) is 6.54 Å². The van der Waals surface area contributed by atoms with Gasteiger partial charge in [-0.25, -0.2) is 9.67 Å². The number of hydrogen-bond acceptors (Lipinski definition) is 4. The Bertz CT molecular complexity index is 546. The number of nitrogens with zero attached hydrogens (tertiary/aromatic N) is 3. The summed E-state index contributed by atoms with van der Waals surface area (Å²) >= 11 is 0. The van der Waals surface area contributed by atoms with E-state index in [-0.39, 0.29) is 30.7 Å². The van der Waals surface area contributed by atoms with E-state index in [0.29, 0.717) is 19.5 Å². The summed E-state index contributed by atoms with van der Waals surface area (Å²) in [6.07, 6.45) is 4.64. The molecule has 0 radical (unpaired) electrons. The fraction of sp³-hybridized carbons (Fsp3) is 0.400. The third-order valence-electron chi connectivity index (χ3n) is 3.15. The molecule has 0 bridgehead atoms. The van der Waals surface area contributed by atoms with Crippen molar-refractivity contribution in [3.63, 3.8) is 0 Å². The molecule has 0 fully saturated rings. The van der Waals surface area contributed by atoms with Gasteiger partial charge >= 0.3 is 0 Å². The van der Waals surface area contributed by atoms with Crippen LogP contribution in [0.3, 0.4) is 0 Å². The van der Waals surface area contributed by atoms with Crippen LogP contribution in [0.2, 0.25) is 0 Å². The summed E-state index contributed by atoms with van der Waals surface area (Å²) in [5.41, 5.74) is 2.25. The number of halogens is 2. The van der Waals surface area contributed by atoms with Gasteiger partial charge in [0.2, 0.25) is 5.91 Å². The van der Waals surface area contributed by atoms with Crippen molar-refractivity contribution in [1.29, 1.82) is 0 Å². The second-order valence-electron chi connectivity index (χ2n) is 4.89. The molecule has 1 aromatic carbocycles. The summed E-state index contributed by atoms with van der Waals surface area (Å²) < 4.78 is 1.78. The molecule has 1 aromatic heterocycles. The van der Waals surface area contributed by atoms with Crippen LogP contribution in [0.1, 0.15) is 24.0 Å². The van der Waals surface area contributed by atoms with Crippen molar-refractivity contribution in [3.8, 4) is 0 Å². The molecule has 0 aliphatic rings. The minimum atomic E-state index is 0. The van der Waals surface area contributed by atoms with Crippen molar-refractivity contribution in [2.45, 2.75) is 25.9 Å². The Kier molecular flexibility index (Phi) is 11.0. The van der Waals surface area contributed by atoms with E-state index in [9.17, 15) is 4.79 Å². The molecule has 2 aromatic rings. The summed E-state index contributed by atoms with van der Waals surface area (Å²) in [5.74, 6) is 0.0944. The molecule has 23 heavy (non-hydrogen) atoms. The maximum Gasteiger partial charge on any atom is 0.220 e. The topological polar surface area (TPSA) is 71.8 Å². The average Bonchev–Trinajstić information content (AvgIpc) is 3.00. The first-order chi connectivity index (χ1) is 10.3. The van der Waals surface area contributed by atoms with Gasteiger partial charge in [-0.1, -0.05) is 24.3 Å². The van der Waals surface area contributed by atoms with E-state index in [0.717, 1.165) is 24.1 Å². The highest BCUT2D eigenvalue weighted by Gasteiger charge is 2.01. The number of carbonyl (C=O) groups is 1. The van der Waals surface area contributed by atoms with Gasteiger partial charge in [0.1, 0.15) is 12.7 Å². The Balaban J connectivity index is 0.00000242. The van der Waals surface area contributed by atoms with Crippen molar-refractivity contribution in [1.82, 2.24) is 25.4 Å². The third-order valence-corrected chi connectivity index (χ3v) is 3.15.